The normalized spacial score (nSPS) is 10.3. The van der Waals surface area contributed by atoms with Crippen molar-refractivity contribution >= 4 is 35.8 Å². The van der Waals surface area contributed by atoms with Gasteiger partial charge in [-0.25, -0.2) is 4.39 Å². The largest absolute Gasteiger partial charge is 0.322 e. The molecule has 0 aromatic heterocycles. The molecule has 19 heavy (non-hydrogen) atoms. The Morgan fingerprint density at radius 2 is 1.89 bits per heavy atom. The second kappa shape index (κ2) is 6.08. The van der Waals surface area contributed by atoms with Crippen molar-refractivity contribution in [2.24, 2.45) is 0 Å². The van der Waals surface area contributed by atoms with E-state index in [2.05, 4.69) is 17.9 Å². The first-order chi connectivity index (χ1) is 9.06. The Kier molecular flexibility index (Phi) is 4.45. The standard InChI is InChI=1S/C14H11ClFNOS/c15-11-2-1-3-12(16)14(11)17-13(18)8-9-4-6-10(19)7-5-9/h1-7,19H,8H2,(H,17,18). The van der Waals surface area contributed by atoms with Gasteiger partial charge in [0.05, 0.1) is 17.1 Å². The van der Waals surface area contributed by atoms with Crippen LogP contribution in [0.25, 0.3) is 0 Å². The van der Waals surface area contributed by atoms with Crippen molar-refractivity contribution in [1.29, 1.82) is 0 Å². The third kappa shape index (κ3) is 3.72. The van der Waals surface area contributed by atoms with Crippen LogP contribution in [0.1, 0.15) is 5.56 Å². The van der Waals surface area contributed by atoms with Crippen LogP contribution in [-0.4, -0.2) is 5.91 Å². The van der Waals surface area contributed by atoms with Gasteiger partial charge in [0.15, 0.2) is 0 Å². The number of anilines is 1. The summed E-state index contributed by atoms with van der Waals surface area (Å²) in [5.41, 5.74) is 0.836. The van der Waals surface area contributed by atoms with Crippen LogP contribution in [0.5, 0.6) is 0 Å². The van der Waals surface area contributed by atoms with Crippen LogP contribution in [0.4, 0.5) is 10.1 Å². The number of hydrogen-bond acceptors (Lipinski definition) is 2. The quantitative estimate of drug-likeness (QED) is 0.825. The highest BCUT2D eigenvalue weighted by Crippen LogP contribution is 2.24. The Morgan fingerprint density at radius 1 is 1.21 bits per heavy atom. The zero-order chi connectivity index (χ0) is 13.8. The third-order valence-electron chi connectivity index (χ3n) is 2.53. The minimum absolute atomic E-state index is 0.0139. The predicted molar refractivity (Wildman–Crippen MR) is 77.4 cm³/mol. The van der Waals surface area contributed by atoms with Gasteiger partial charge in [0.2, 0.25) is 5.91 Å². The van der Waals surface area contributed by atoms with Gasteiger partial charge < -0.3 is 5.32 Å². The number of benzene rings is 2. The summed E-state index contributed by atoms with van der Waals surface area (Å²) in [6.45, 7) is 0. The molecule has 98 valence electrons. The lowest BCUT2D eigenvalue weighted by molar-refractivity contribution is -0.115. The summed E-state index contributed by atoms with van der Waals surface area (Å²) in [7, 11) is 0. The number of halogens is 2. The Hall–Kier alpha value is -1.52. The number of rotatable bonds is 3. The van der Waals surface area contributed by atoms with Crippen LogP contribution < -0.4 is 5.32 Å². The van der Waals surface area contributed by atoms with E-state index < -0.39 is 5.82 Å². The smallest absolute Gasteiger partial charge is 0.228 e. The van der Waals surface area contributed by atoms with Crippen molar-refractivity contribution in [1.82, 2.24) is 0 Å². The Labute approximate surface area is 121 Å². The van der Waals surface area contributed by atoms with E-state index in [1.165, 1.54) is 18.2 Å². The first-order valence-corrected chi connectivity index (χ1v) is 6.40. The molecule has 0 unspecified atom stereocenters. The van der Waals surface area contributed by atoms with Crippen molar-refractivity contribution in [3.63, 3.8) is 0 Å². The second-order valence-electron chi connectivity index (χ2n) is 3.99. The molecule has 0 aliphatic heterocycles. The average Bonchev–Trinajstić information content (AvgIpc) is 2.37. The fraction of sp³-hybridized carbons (Fsp3) is 0.0714. The van der Waals surface area contributed by atoms with Crippen molar-refractivity contribution < 1.29 is 9.18 Å². The van der Waals surface area contributed by atoms with Crippen LogP contribution in [0.2, 0.25) is 5.02 Å². The molecular weight excluding hydrogens is 285 g/mol. The predicted octanol–water partition coefficient (Wildman–Crippen LogP) is 3.95. The lowest BCUT2D eigenvalue weighted by atomic mass is 10.1. The van der Waals surface area contributed by atoms with Gasteiger partial charge in [-0.15, -0.1) is 12.6 Å². The van der Waals surface area contributed by atoms with E-state index in [9.17, 15) is 9.18 Å². The summed E-state index contributed by atoms with van der Waals surface area (Å²) >= 11 is 9.99. The molecule has 0 aliphatic carbocycles. The monoisotopic (exact) mass is 295 g/mol. The minimum Gasteiger partial charge on any atom is -0.322 e. The van der Waals surface area contributed by atoms with Gasteiger partial charge in [0.1, 0.15) is 5.82 Å². The zero-order valence-electron chi connectivity index (χ0n) is 9.86. The zero-order valence-corrected chi connectivity index (χ0v) is 11.5. The first kappa shape index (κ1) is 13.9. The number of carbonyl (C=O) groups excluding carboxylic acids is 1. The van der Waals surface area contributed by atoms with Crippen LogP contribution in [0, 0.1) is 5.82 Å². The topological polar surface area (TPSA) is 29.1 Å². The highest BCUT2D eigenvalue weighted by atomic mass is 35.5. The number of carbonyl (C=O) groups is 1. The molecule has 1 amide bonds. The fourth-order valence-corrected chi connectivity index (χ4v) is 1.96. The number of thiol groups is 1. The molecule has 0 bridgehead atoms. The minimum atomic E-state index is -0.549. The van der Waals surface area contributed by atoms with E-state index in [0.717, 1.165) is 10.5 Å². The van der Waals surface area contributed by atoms with Crippen molar-refractivity contribution in [2.75, 3.05) is 5.32 Å². The summed E-state index contributed by atoms with van der Waals surface area (Å²) in [6.07, 6.45) is 0.152. The molecule has 0 saturated carbocycles. The first-order valence-electron chi connectivity index (χ1n) is 5.58. The van der Waals surface area contributed by atoms with Crippen molar-refractivity contribution in [3.05, 3.63) is 58.9 Å². The van der Waals surface area contributed by atoms with Crippen LogP contribution >= 0.6 is 24.2 Å². The number of nitrogens with one attached hydrogen (secondary N) is 1. The number of amides is 1. The van der Waals surface area contributed by atoms with Gasteiger partial charge in [0, 0.05) is 4.90 Å². The third-order valence-corrected chi connectivity index (χ3v) is 3.14. The molecule has 0 fully saturated rings. The summed E-state index contributed by atoms with van der Waals surface area (Å²) in [6, 6.07) is 11.4. The second-order valence-corrected chi connectivity index (χ2v) is 4.91. The van der Waals surface area contributed by atoms with E-state index in [4.69, 9.17) is 11.6 Å². The highest BCUT2D eigenvalue weighted by Gasteiger charge is 2.11. The maximum Gasteiger partial charge on any atom is 0.228 e. The molecule has 5 heteroatoms. The van der Waals surface area contributed by atoms with E-state index in [-0.39, 0.29) is 23.0 Å². The van der Waals surface area contributed by atoms with Gasteiger partial charge in [-0.1, -0.05) is 29.8 Å². The van der Waals surface area contributed by atoms with E-state index in [1.54, 1.807) is 24.3 Å². The van der Waals surface area contributed by atoms with E-state index >= 15 is 0 Å². The van der Waals surface area contributed by atoms with Gasteiger partial charge in [0.25, 0.3) is 0 Å². The molecule has 0 aliphatic rings. The van der Waals surface area contributed by atoms with Crippen LogP contribution in [0.15, 0.2) is 47.4 Å². The molecule has 1 N–H and O–H groups in total. The maximum absolute atomic E-state index is 13.5. The summed E-state index contributed by atoms with van der Waals surface area (Å²) < 4.78 is 13.5. The van der Waals surface area contributed by atoms with Gasteiger partial charge >= 0.3 is 0 Å². The molecule has 0 radical (unpaired) electrons. The summed E-state index contributed by atoms with van der Waals surface area (Å²) in [5, 5.41) is 2.66. The van der Waals surface area contributed by atoms with Crippen molar-refractivity contribution in [2.45, 2.75) is 11.3 Å². The molecule has 2 aromatic carbocycles. The fourth-order valence-electron chi connectivity index (χ4n) is 1.60. The van der Waals surface area contributed by atoms with Crippen LogP contribution in [0.3, 0.4) is 0 Å². The van der Waals surface area contributed by atoms with Gasteiger partial charge in [-0.3, -0.25) is 4.79 Å². The van der Waals surface area contributed by atoms with Crippen LogP contribution in [-0.2, 0) is 11.2 Å². The average molecular weight is 296 g/mol. The Bertz CT molecular complexity index is 581. The molecule has 0 heterocycles. The van der Waals surface area contributed by atoms with E-state index in [1.807, 2.05) is 0 Å². The molecule has 2 rings (SSSR count). The number of para-hydroxylation sites is 1. The maximum atomic E-state index is 13.5. The molecular formula is C14H11ClFNOS. The molecule has 2 nitrogen and oxygen atoms in total. The highest BCUT2D eigenvalue weighted by molar-refractivity contribution is 7.80. The molecule has 2 aromatic rings. The lowest BCUT2D eigenvalue weighted by Gasteiger charge is -2.08. The molecule has 0 atom stereocenters. The van der Waals surface area contributed by atoms with E-state index in [0.29, 0.717) is 0 Å². The SMILES string of the molecule is O=C(Cc1ccc(S)cc1)Nc1c(F)cccc1Cl. The van der Waals surface area contributed by atoms with Gasteiger partial charge in [-0.2, -0.15) is 0 Å². The number of hydrogen-bond donors (Lipinski definition) is 2. The summed E-state index contributed by atoms with van der Waals surface area (Å²) in [4.78, 5) is 12.6. The molecule has 0 spiro atoms. The summed E-state index contributed by atoms with van der Waals surface area (Å²) in [5.74, 6) is -0.870. The lowest BCUT2D eigenvalue weighted by Crippen LogP contribution is -2.15. The Balaban J connectivity index is 2.07. The Morgan fingerprint density at radius 3 is 2.53 bits per heavy atom. The van der Waals surface area contributed by atoms with Crippen molar-refractivity contribution in [3.8, 4) is 0 Å². The molecule has 0 saturated heterocycles. The van der Waals surface area contributed by atoms with Gasteiger partial charge in [-0.05, 0) is 29.8 Å².